The van der Waals surface area contributed by atoms with Crippen molar-refractivity contribution in [3.05, 3.63) is 28.3 Å². The number of hydrogen-bond donors (Lipinski definition) is 1. The molecule has 0 saturated heterocycles. The topological polar surface area (TPSA) is 89.3 Å². The molecule has 1 N–H and O–H groups in total. The summed E-state index contributed by atoms with van der Waals surface area (Å²) >= 11 is 0. The molecule has 0 spiro atoms. The van der Waals surface area contributed by atoms with Crippen molar-refractivity contribution in [3.63, 3.8) is 0 Å². The molecule has 7 heteroatoms. The standard InChI is InChI=1S/C16H24N2O4S/c1-3-4-6-12-7-5-8-14(12)17-13-9-10-15(18(19)20)16(11-13)23(2,21)22/h9-12,14,17H,3-8H2,1-2H3. The third-order valence-corrected chi connectivity index (χ3v) is 5.62. The molecule has 1 fully saturated rings. The lowest BCUT2D eigenvalue weighted by atomic mass is 9.96. The first-order valence-corrected chi connectivity index (χ1v) is 9.97. The van der Waals surface area contributed by atoms with Crippen molar-refractivity contribution in [2.45, 2.75) is 56.4 Å². The van der Waals surface area contributed by atoms with E-state index in [0.717, 1.165) is 19.1 Å². The maximum Gasteiger partial charge on any atom is 0.288 e. The van der Waals surface area contributed by atoms with E-state index in [1.165, 1.54) is 37.8 Å². The predicted octanol–water partition coefficient (Wildman–Crippen LogP) is 3.77. The van der Waals surface area contributed by atoms with Gasteiger partial charge in [-0.1, -0.05) is 26.2 Å². The van der Waals surface area contributed by atoms with E-state index in [4.69, 9.17) is 0 Å². The SMILES string of the molecule is CCCCC1CCCC1Nc1ccc([N+](=O)[O-])c(S(C)(=O)=O)c1. The minimum atomic E-state index is -3.64. The van der Waals surface area contributed by atoms with Gasteiger partial charge in [-0.15, -0.1) is 0 Å². The van der Waals surface area contributed by atoms with Gasteiger partial charge in [-0.3, -0.25) is 10.1 Å². The highest BCUT2D eigenvalue weighted by Gasteiger charge is 2.28. The van der Waals surface area contributed by atoms with Crippen LogP contribution in [0, 0.1) is 16.0 Å². The fraction of sp³-hybridized carbons (Fsp3) is 0.625. The third-order valence-electron chi connectivity index (χ3n) is 4.50. The predicted molar refractivity (Wildman–Crippen MR) is 90.5 cm³/mol. The number of benzene rings is 1. The minimum Gasteiger partial charge on any atom is -0.382 e. The molecule has 0 radical (unpaired) electrons. The van der Waals surface area contributed by atoms with Crippen LogP contribution >= 0.6 is 0 Å². The third kappa shape index (κ3) is 4.43. The van der Waals surface area contributed by atoms with Crippen LogP contribution in [0.1, 0.15) is 45.4 Å². The number of nitro benzene ring substituents is 1. The molecule has 1 aromatic rings. The molecule has 2 unspecified atom stereocenters. The van der Waals surface area contributed by atoms with Crippen molar-refractivity contribution in [1.29, 1.82) is 0 Å². The quantitative estimate of drug-likeness (QED) is 0.603. The molecule has 1 aliphatic rings. The number of unbranched alkanes of at least 4 members (excludes halogenated alkanes) is 1. The van der Waals surface area contributed by atoms with Gasteiger partial charge >= 0.3 is 0 Å². The summed E-state index contributed by atoms with van der Waals surface area (Å²) in [6.45, 7) is 2.17. The van der Waals surface area contributed by atoms with Crippen LogP contribution in [0.2, 0.25) is 0 Å². The Morgan fingerprint density at radius 2 is 2.09 bits per heavy atom. The zero-order chi connectivity index (χ0) is 17.0. The Balaban J connectivity index is 2.22. The maximum atomic E-state index is 11.8. The number of nitrogens with one attached hydrogen (secondary N) is 1. The van der Waals surface area contributed by atoms with Crippen LogP contribution in [-0.4, -0.2) is 25.6 Å². The van der Waals surface area contributed by atoms with Crippen LogP contribution in [-0.2, 0) is 9.84 Å². The number of nitrogens with zero attached hydrogens (tertiary/aromatic N) is 1. The van der Waals surface area contributed by atoms with Gasteiger partial charge in [-0.2, -0.15) is 0 Å². The molecule has 1 aliphatic carbocycles. The van der Waals surface area contributed by atoms with Gasteiger partial charge in [0.2, 0.25) is 0 Å². The number of nitro groups is 1. The van der Waals surface area contributed by atoms with Crippen molar-refractivity contribution in [1.82, 2.24) is 0 Å². The summed E-state index contributed by atoms with van der Waals surface area (Å²) in [4.78, 5) is 10.1. The van der Waals surface area contributed by atoms with Crippen molar-refractivity contribution in [2.75, 3.05) is 11.6 Å². The summed E-state index contributed by atoms with van der Waals surface area (Å²) in [7, 11) is -3.64. The largest absolute Gasteiger partial charge is 0.382 e. The number of sulfone groups is 1. The highest BCUT2D eigenvalue weighted by atomic mass is 32.2. The van der Waals surface area contributed by atoms with Gasteiger partial charge in [0.25, 0.3) is 5.69 Å². The Morgan fingerprint density at radius 3 is 2.70 bits per heavy atom. The summed E-state index contributed by atoms with van der Waals surface area (Å²) in [5.41, 5.74) is 0.274. The molecule has 1 aromatic carbocycles. The summed E-state index contributed by atoms with van der Waals surface area (Å²) < 4.78 is 23.6. The Kier molecular flexibility index (Phi) is 5.62. The molecule has 0 aliphatic heterocycles. The lowest BCUT2D eigenvalue weighted by Crippen LogP contribution is -2.24. The summed E-state index contributed by atoms with van der Waals surface area (Å²) in [5, 5.41) is 14.4. The summed E-state index contributed by atoms with van der Waals surface area (Å²) in [6.07, 6.45) is 7.93. The molecule has 0 aromatic heterocycles. The van der Waals surface area contributed by atoms with E-state index >= 15 is 0 Å². The molecule has 6 nitrogen and oxygen atoms in total. The fourth-order valence-corrected chi connectivity index (χ4v) is 4.17. The Hall–Kier alpha value is -1.63. The summed E-state index contributed by atoms with van der Waals surface area (Å²) in [5.74, 6) is 0.590. The number of rotatable bonds is 7. The molecular formula is C16H24N2O4S. The average molecular weight is 340 g/mol. The molecule has 2 rings (SSSR count). The second-order valence-corrected chi connectivity index (χ2v) is 8.28. The lowest BCUT2D eigenvalue weighted by Gasteiger charge is -2.22. The van der Waals surface area contributed by atoms with E-state index in [-0.39, 0.29) is 10.6 Å². The highest BCUT2D eigenvalue weighted by molar-refractivity contribution is 7.90. The lowest BCUT2D eigenvalue weighted by molar-refractivity contribution is -0.387. The molecule has 0 bridgehead atoms. The van der Waals surface area contributed by atoms with Crippen molar-refractivity contribution < 1.29 is 13.3 Å². The smallest absolute Gasteiger partial charge is 0.288 e. The first-order chi connectivity index (χ1) is 10.8. The number of anilines is 1. The van der Waals surface area contributed by atoms with Crippen LogP contribution < -0.4 is 5.32 Å². The summed E-state index contributed by atoms with van der Waals surface area (Å²) in [6, 6.07) is 4.58. The van der Waals surface area contributed by atoms with Crippen molar-refractivity contribution >= 4 is 21.2 Å². The molecule has 1 saturated carbocycles. The second kappa shape index (κ2) is 7.29. The van der Waals surface area contributed by atoms with E-state index in [0.29, 0.717) is 17.6 Å². The van der Waals surface area contributed by atoms with E-state index in [9.17, 15) is 18.5 Å². The average Bonchev–Trinajstić information content (AvgIpc) is 2.91. The van der Waals surface area contributed by atoms with Gasteiger partial charge in [0, 0.05) is 24.1 Å². The van der Waals surface area contributed by atoms with Crippen LogP contribution in [0.5, 0.6) is 0 Å². The normalized spacial score (nSPS) is 21.3. The van der Waals surface area contributed by atoms with Gasteiger partial charge in [-0.25, -0.2) is 8.42 Å². The van der Waals surface area contributed by atoms with Crippen molar-refractivity contribution in [2.24, 2.45) is 5.92 Å². The molecule has 2 atom stereocenters. The van der Waals surface area contributed by atoms with Gasteiger partial charge in [-0.05, 0) is 37.3 Å². The van der Waals surface area contributed by atoms with Gasteiger partial charge in [0.15, 0.2) is 9.84 Å². The second-order valence-electron chi connectivity index (χ2n) is 6.30. The zero-order valence-electron chi connectivity index (χ0n) is 13.6. The Labute approximate surface area is 137 Å². The maximum absolute atomic E-state index is 11.8. The van der Waals surface area contributed by atoms with Gasteiger partial charge in [0.1, 0.15) is 4.90 Å². The van der Waals surface area contributed by atoms with E-state index < -0.39 is 14.8 Å². The fourth-order valence-electron chi connectivity index (χ4n) is 3.30. The first-order valence-electron chi connectivity index (χ1n) is 8.08. The molecule has 0 amide bonds. The molecule has 23 heavy (non-hydrogen) atoms. The van der Waals surface area contributed by atoms with Crippen LogP contribution in [0.25, 0.3) is 0 Å². The molecular weight excluding hydrogens is 316 g/mol. The molecule has 0 heterocycles. The van der Waals surface area contributed by atoms with Crippen molar-refractivity contribution in [3.8, 4) is 0 Å². The van der Waals surface area contributed by atoms with Crippen LogP contribution in [0.3, 0.4) is 0 Å². The van der Waals surface area contributed by atoms with E-state index in [2.05, 4.69) is 12.2 Å². The monoisotopic (exact) mass is 340 g/mol. The zero-order valence-corrected chi connectivity index (χ0v) is 14.4. The Bertz CT molecular complexity index is 673. The minimum absolute atomic E-state index is 0.226. The van der Waals surface area contributed by atoms with E-state index in [1.54, 1.807) is 6.07 Å². The van der Waals surface area contributed by atoms with Crippen LogP contribution in [0.15, 0.2) is 23.1 Å². The van der Waals surface area contributed by atoms with Gasteiger partial charge < -0.3 is 5.32 Å². The van der Waals surface area contributed by atoms with Gasteiger partial charge in [0.05, 0.1) is 4.92 Å². The highest BCUT2D eigenvalue weighted by Crippen LogP contribution is 2.34. The van der Waals surface area contributed by atoms with Crippen LogP contribution in [0.4, 0.5) is 11.4 Å². The number of hydrogen-bond acceptors (Lipinski definition) is 5. The van der Waals surface area contributed by atoms with E-state index in [1.807, 2.05) is 0 Å². The first kappa shape index (κ1) is 17.7. The molecule has 128 valence electrons. The Morgan fingerprint density at radius 1 is 1.35 bits per heavy atom.